The molecule has 3 saturated heterocycles. The van der Waals surface area contributed by atoms with Crippen LogP contribution < -0.4 is 5.32 Å². The minimum Gasteiger partial charge on any atom is -0.400 e. The van der Waals surface area contributed by atoms with Crippen LogP contribution in [0.25, 0.3) is 4.91 Å². The van der Waals surface area contributed by atoms with Crippen molar-refractivity contribution in [1.29, 1.82) is 0 Å². The number of allylic oxidation sites excluding steroid dienone is 2. The van der Waals surface area contributed by atoms with Crippen molar-refractivity contribution in [3.63, 3.8) is 0 Å². The van der Waals surface area contributed by atoms with Gasteiger partial charge in [0.1, 0.15) is 12.3 Å². The van der Waals surface area contributed by atoms with E-state index in [9.17, 15) is 4.79 Å². The second-order valence-corrected chi connectivity index (χ2v) is 10.0. The third-order valence-electron chi connectivity index (χ3n) is 7.46. The monoisotopic (exact) mass is 443 g/mol. The molecule has 0 aliphatic carbocycles. The summed E-state index contributed by atoms with van der Waals surface area (Å²) in [6.07, 6.45) is 5.77. The molecule has 1 spiro atoms. The molecular weight excluding hydrogens is 410 g/mol. The molecule has 3 atom stereocenters. The second-order valence-electron chi connectivity index (χ2n) is 9.02. The van der Waals surface area contributed by atoms with Crippen molar-refractivity contribution < 1.29 is 14.6 Å². The van der Waals surface area contributed by atoms with E-state index in [4.69, 9.17) is 9.84 Å². The Morgan fingerprint density at radius 2 is 1.97 bits per heavy atom. The quantitative estimate of drug-likeness (QED) is 0.747. The number of anilines is 1. The number of aliphatic hydroxyl groups is 1. The number of nitrogens with zero attached hydrogens (tertiary/aromatic N) is 2. The molecule has 1 aromatic carbocycles. The number of carbonyl (C=O) groups excluding carboxylic acids is 1. The summed E-state index contributed by atoms with van der Waals surface area (Å²) in [5.74, 6) is 1.49. The normalized spacial score (nSPS) is 31.9. The van der Waals surface area contributed by atoms with Crippen molar-refractivity contribution in [2.75, 3.05) is 44.5 Å². The van der Waals surface area contributed by atoms with Gasteiger partial charge in [0, 0.05) is 60.6 Å². The molecule has 3 unspecified atom stereocenters. The van der Waals surface area contributed by atoms with Crippen LogP contribution in [-0.4, -0.2) is 71.2 Å². The average Bonchev–Trinajstić information content (AvgIpc) is 3.27. The summed E-state index contributed by atoms with van der Waals surface area (Å²) in [7, 11) is 1.00. The molecule has 3 fully saturated rings. The van der Waals surface area contributed by atoms with Crippen LogP contribution in [0.1, 0.15) is 32.8 Å². The largest absolute Gasteiger partial charge is 0.400 e. The van der Waals surface area contributed by atoms with Crippen LogP contribution in [0, 0.1) is 5.92 Å². The number of ether oxygens (including phenoxy) is 1. The Hall–Kier alpha value is -1.80. The molecule has 2 N–H and O–H groups in total. The smallest absolute Gasteiger partial charge is 0.221 e. The highest BCUT2D eigenvalue weighted by atomic mass is 32.2. The molecule has 31 heavy (non-hydrogen) atoms. The Morgan fingerprint density at radius 1 is 1.23 bits per heavy atom. The first-order valence-corrected chi connectivity index (χ1v) is 11.9. The molecule has 4 aliphatic rings. The molecule has 0 aromatic heterocycles. The van der Waals surface area contributed by atoms with Gasteiger partial charge in [-0.25, -0.2) is 0 Å². The minimum atomic E-state index is -0.0439. The van der Waals surface area contributed by atoms with Crippen LogP contribution in [0.4, 0.5) is 5.69 Å². The number of thioether (sulfide) groups is 1. The molecule has 168 valence electrons. The lowest BCUT2D eigenvalue weighted by Gasteiger charge is -2.48. The highest BCUT2D eigenvalue weighted by Crippen LogP contribution is 2.52. The number of aliphatic hydroxyl groups excluding tert-OH is 1. The molecule has 0 bridgehead atoms. The summed E-state index contributed by atoms with van der Waals surface area (Å²) in [5, 5.41) is 9.82. The number of hydrogen-bond acceptors (Lipinski definition) is 6. The summed E-state index contributed by atoms with van der Waals surface area (Å²) >= 11 is 1.87. The van der Waals surface area contributed by atoms with Crippen molar-refractivity contribution in [2.24, 2.45) is 5.92 Å². The molecule has 0 saturated carbocycles. The number of amides is 1. The van der Waals surface area contributed by atoms with E-state index < -0.39 is 0 Å². The van der Waals surface area contributed by atoms with E-state index in [0.717, 1.165) is 31.6 Å². The summed E-state index contributed by atoms with van der Waals surface area (Å²) in [4.78, 5) is 17.5. The maximum atomic E-state index is 11.2. The predicted octanol–water partition coefficient (Wildman–Crippen LogP) is 3.37. The Kier molecular flexibility index (Phi) is 6.23. The van der Waals surface area contributed by atoms with Crippen molar-refractivity contribution in [2.45, 2.75) is 38.3 Å². The molecule has 7 heteroatoms. The fourth-order valence-corrected chi connectivity index (χ4v) is 6.33. The van der Waals surface area contributed by atoms with E-state index in [1.54, 1.807) is 0 Å². The first kappa shape index (κ1) is 22.4. The Bertz CT molecular complexity index is 900. The van der Waals surface area contributed by atoms with E-state index in [1.807, 2.05) is 23.9 Å². The maximum absolute atomic E-state index is 11.2. The number of rotatable bonds is 3. The van der Waals surface area contributed by atoms with E-state index in [1.165, 1.54) is 36.1 Å². The highest BCUT2D eigenvalue weighted by molar-refractivity contribution is 8.08. The standard InChI is InChI=1S/C23H29N3O2S.CH4O/c1-16-22(3)10-11-26(22)14-23(16)13-25(15-28-23)20-8-9-21(29-12-20)18-4-6-19(7-5-18)24-17(2)27;1-2/h4-9,16H,10-15H2,1-3H3,(H,24,27);2H,1H3. The second kappa shape index (κ2) is 8.62. The zero-order chi connectivity index (χ0) is 22.2. The molecule has 6 nitrogen and oxygen atoms in total. The molecule has 1 amide bonds. The van der Waals surface area contributed by atoms with Gasteiger partial charge in [-0.1, -0.05) is 19.1 Å². The average molecular weight is 444 g/mol. The zero-order valence-electron chi connectivity index (χ0n) is 18.9. The topological polar surface area (TPSA) is 65.0 Å². The number of benzene rings is 1. The summed E-state index contributed by atoms with van der Waals surface area (Å²) in [5.41, 5.74) is 3.71. The van der Waals surface area contributed by atoms with Gasteiger partial charge in [0.25, 0.3) is 0 Å². The minimum absolute atomic E-state index is 0.0136. The van der Waals surface area contributed by atoms with Gasteiger partial charge in [-0.15, -0.1) is 11.8 Å². The van der Waals surface area contributed by atoms with Gasteiger partial charge in [0.05, 0.1) is 6.54 Å². The van der Waals surface area contributed by atoms with Gasteiger partial charge in [0.2, 0.25) is 5.91 Å². The number of fused-ring (bicyclic) bond motifs is 1. The van der Waals surface area contributed by atoms with Gasteiger partial charge in [-0.3, -0.25) is 9.69 Å². The summed E-state index contributed by atoms with van der Waals surface area (Å²) in [6.45, 7) is 10.3. The van der Waals surface area contributed by atoms with Gasteiger partial charge < -0.3 is 20.1 Å². The van der Waals surface area contributed by atoms with Crippen molar-refractivity contribution in [3.8, 4) is 0 Å². The molecular formula is C24H33N3O3S. The lowest BCUT2D eigenvalue weighted by atomic mass is 9.75. The van der Waals surface area contributed by atoms with Gasteiger partial charge in [-0.2, -0.15) is 0 Å². The van der Waals surface area contributed by atoms with E-state index >= 15 is 0 Å². The Labute approximate surface area is 189 Å². The van der Waals surface area contributed by atoms with Crippen LogP contribution in [0.5, 0.6) is 0 Å². The Morgan fingerprint density at radius 3 is 2.48 bits per heavy atom. The van der Waals surface area contributed by atoms with E-state index in [-0.39, 0.29) is 11.5 Å². The summed E-state index contributed by atoms with van der Waals surface area (Å²) in [6, 6.07) is 8.06. The summed E-state index contributed by atoms with van der Waals surface area (Å²) < 4.78 is 6.46. The van der Waals surface area contributed by atoms with Crippen molar-refractivity contribution in [3.05, 3.63) is 47.7 Å². The molecule has 4 heterocycles. The third-order valence-corrected chi connectivity index (χ3v) is 8.58. The molecule has 0 radical (unpaired) electrons. The fourth-order valence-electron chi connectivity index (χ4n) is 5.28. The first-order chi connectivity index (χ1) is 14.9. The van der Waals surface area contributed by atoms with E-state index in [0.29, 0.717) is 18.2 Å². The van der Waals surface area contributed by atoms with Gasteiger partial charge in [-0.05, 0) is 43.2 Å². The first-order valence-electron chi connectivity index (χ1n) is 10.9. The Balaban J connectivity index is 0.00000112. The SMILES string of the molecule is CC(=O)Nc1ccc(C2=CC=C(N3COC4(C3)CN3CCC3(C)C4C)CS2)cc1.CO. The van der Waals surface area contributed by atoms with Crippen LogP contribution in [0.15, 0.2) is 42.1 Å². The molecule has 5 rings (SSSR count). The fraction of sp³-hybridized carbons (Fsp3) is 0.542. The van der Waals surface area contributed by atoms with Gasteiger partial charge >= 0.3 is 0 Å². The van der Waals surface area contributed by atoms with Crippen LogP contribution >= 0.6 is 11.8 Å². The third kappa shape index (κ3) is 3.93. The van der Waals surface area contributed by atoms with Gasteiger partial charge in [0.15, 0.2) is 0 Å². The van der Waals surface area contributed by atoms with E-state index in [2.05, 4.69) is 53.2 Å². The highest BCUT2D eigenvalue weighted by Gasteiger charge is 2.63. The number of nitrogens with one attached hydrogen (secondary N) is 1. The van der Waals surface area contributed by atoms with Crippen LogP contribution in [-0.2, 0) is 9.53 Å². The van der Waals surface area contributed by atoms with Crippen LogP contribution in [0.3, 0.4) is 0 Å². The van der Waals surface area contributed by atoms with Crippen LogP contribution in [0.2, 0.25) is 0 Å². The lowest BCUT2D eigenvalue weighted by Crippen LogP contribution is -2.56. The maximum Gasteiger partial charge on any atom is 0.221 e. The van der Waals surface area contributed by atoms with Crippen molar-refractivity contribution >= 4 is 28.3 Å². The number of carbonyl (C=O) groups is 1. The van der Waals surface area contributed by atoms with Crippen molar-refractivity contribution in [1.82, 2.24) is 9.80 Å². The zero-order valence-corrected chi connectivity index (χ0v) is 19.7. The molecule has 4 aliphatic heterocycles. The number of hydrogen-bond donors (Lipinski definition) is 2. The molecule has 1 aromatic rings. The lowest BCUT2D eigenvalue weighted by molar-refractivity contribution is -0.114. The predicted molar refractivity (Wildman–Crippen MR) is 127 cm³/mol.